The van der Waals surface area contributed by atoms with E-state index in [1.165, 1.54) is 0 Å². The summed E-state index contributed by atoms with van der Waals surface area (Å²) in [6, 6.07) is 9.56. The second-order valence-corrected chi connectivity index (χ2v) is 4.82. The van der Waals surface area contributed by atoms with E-state index in [1.807, 2.05) is 30.3 Å². The predicted octanol–water partition coefficient (Wildman–Crippen LogP) is 0.683. The smallest absolute Gasteiger partial charge is 0.317 e. The molecule has 6 nitrogen and oxygen atoms in total. The Morgan fingerprint density at radius 3 is 2.52 bits per heavy atom. The van der Waals surface area contributed by atoms with Crippen molar-refractivity contribution in [3.63, 3.8) is 0 Å². The van der Waals surface area contributed by atoms with Crippen molar-refractivity contribution in [3.8, 4) is 0 Å². The molecule has 0 aliphatic rings. The third-order valence-corrected chi connectivity index (χ3v) is 2.94. The molecule has 0 heterocycles. The van der Waals surface area contributed by atoms with E-state index in [-0.39, 0.29) is 18.4 Å². The van der Waals surface area contributed by atoms with Crippen molar-refractivity contribution in [2.75, 3.05) is 26.7 Å². The van der Waals surface area contributed by atoms with Gasteiger partial charge in [-0.3, -0.25) is 4.79 Å². The van der Waals surface area contributed by atoms with E-state index in [9.17, 15) is 9.59 Å². The molecule has 0 aromatic heterocycles. The molecule has 0 atom stereocenters. The second-order valence-electron chi connectivity index (χ2n) is 4.82. The number of amides is 3. The number of hydrogen-bond donors (Lipinski definition) is 3. The van der Waals surface area contributed by atoms with Crippen molar-refractivity contribution in [1.82, 2.24) is 15.5 Å². The van der Waals surface area contributed by atoms with E-state index < -0.39 is 0 Å². The number of nitrogens with two attached hydrogens (primary N) is 1. The van der Waals surface area contributed by atoms with Crippen LogP contribution in [-0.4, -0.2) is 43.5 Å². The highest BCUT2D eigenvalue weighted by molar-refractivity contribution is 5.78. The molecule has 0 radical (unpaired) electrons. The standard InChI is InChI=1S/C15H24N4O2/c1-19(12-13-6-3-2-4-7-13)15(21)18-11-8-14(20)17-10-5-9-16/h2-4,6-7H,5,8-12,16H2,1H3,(H,17,20)(H,18,21). The molecule has 0 saturated heterocycles. The fraction of sp³-hybridized carbons (Fsp3) is 0.467. The van der Waals surface area contributed by atoms with Crippen molar-refractivity contribution in [1.29, 1.82) is 0 Å². The topological polar surface area (TPSA) is 87.5 Å². The molecule has 116 valence electrons. The zero-order chi connectivity index (χ0) is 15.5. The van der Waals surface area contributed by atoms with Crippen LogP contribution in [0.25, 0.3) is 0 Å². The minimum Gasteiger partial charge on any atom is -0.356 e. The molecule has 4 N–H and O–H groups in total. The van der Waals surface area contributed by atoms with Gasteiger partial charge in [-0.05, 0) is 18.5 Å². The van der Waals surface area contributed by atoms with Crippen molar-refractivity contribution < 1.29 is 9.59 Å². The van der Waals surface area contributed by atoms with Gasteiger partial charge in [-0.2, -0.15) is 0 Å². The Bertz CT molecular complexity index is 437. The summed E-state index contributed by atoms with van der Waals surface area (Å²) >= 11 is 0. The van der Waals surface area contributed by atoms with E-state index in [2.05, 4.69) is 10.6 Å². The van der Waals surface area contributed by atoms with Gasteiger partial charge in [-0.25, -0.2) is 4.79 Å². The maximum atomic E-state index is 11.9. The van der Waals surface area contributed by atoms with Crippen molar-refractivity contribution in [2.45, 2.75) is 19.4 Å². The molecule has 1 aromatic rings. The summed E-state index contributed by atoms with van der Waals surface area (Å²) in [7, 11) is 1.73. The number of rotatable bonds is 8. The Hall–Kier alpha value is -2.08. The quantitative estimate of drug-likeness (QED) is 0.616. The van der Waals surface area contributed by atoms with Crippen LogP contribution in [0, 0.1) is 0 Å². The van der Waals surface area contributed by atoms with E-state index in [0.717, 1.165) is 12.0 Å². The first-order valence-corrected chi connectivity index (χ1v) is 7.13. The third kappa shape index (κ3) is 7.31. The van der Waals surface area contributed by atoms with Crippen LogP contribution in [0.3, 0.4) is 0 Å². The van der Waals surface area contributed by atoms with Crippen LogP contribution >= 0.6 is 0 Å². The summed E-state index contributed by atoms with van der Waals surface area (Å²) in [6.07, 6.45) is 1.04. The fourth-order valence-corrected chi connectivity index (χ4v) is 1.77. The van der Waals surface area contributed by atoms with Gasteiger partial charge in [0.15, 0.2) is 0 Å². The summed E-state index contributed by atoms with van der Waals surface area (Å²) in [4.78, 5) is 24.9. The number of carbonyl (C=O) groups excluding carboxylic acids is 2. The Morgan fingerprint density at radius 1 is 1.14 bits per heavy atom. The first-order chi connectivity index (χ1) is 10.1. The number of nitrogens with zero attached hydrogens (tertiary/aromatic N) is 1. The van der Waals surface area contributed by atoms with Crippen molar-refractivity contribution >= 4 is 11.9 Å². The normalized spacial score (nSPS) is 10.0. The molecular formula is C15H24N4O2. The zero-order valence-corrected chi connectivity index (χ0v) is 12.5. The molecular weight excluding hydrogens is 268 g/mol. The summed E-state index contributed by atoms with van der Waals surface area (Å²) in [5.74, 6) is -0.0746. The maximum absolute atomic E-state index is 11.9. The largest absolute Gasteiger partial charge is 0.356 e. The number of benzene rings is 1. The molecule has 0 fully saturated rings. The molecule has 0 unspecified atom stereocenters. The highest BCUT2D eigenvalue weighted by Gasteiger charge is 2.09. The highest BCUT2D eigenvalue weighted by atomic mass is 16.2. The van der Waals surface area contributed by atoms with E-state index in [4.69, 9.17) is 5.73 Å². The van der Waals surface area contributed by atoms with Crippen LogP contribution in [0.15, 0.2) is 30.3 Å². The van der Waals surface area contributed by atoms with Crippen LogP contribution in [-0.2, 0) is 11.3 Å². The summed E-state index contributed by atoms with van der Waals surface area (Å²) in [5.41, 5.74) is 6.40. The fourth-order valence-electron chi connectivity index (χ4n) is 1.77. The van der Waals surface area contributed by atoms with E-state index in [1.54, 1.807) is 11.9 Å². The SMILES string of the molecule is CN(Cc1ccccc1)C(=O)NCCC(=O)NCCCN. The predicted molar refractivity (Wildman–Crippen MR) is 82.6 cm³/mol. The second kappa shape index (κ2) is 9.77. The van der Waals surface area contributed by atoms with Crippen LogP contribution in [0.1, 0.15) is 18.4 Å². The first kappa shape index (κ1) is 17.0. The monoisotopic (exact) mass is 292 g/mol. The molecule has 0 spiro atoms. The number of urea groups is 1. The van der Waals surface area contributed by atoms with Gasteiger partial charge in [0.25, 0.3) is 0 Å². The van der Waals surface area contributed by atoms with E-state index in [0.29, 0.717) is 26.2 Å². The van der Waals surface area contributed by atoms with Gasteiger partial charge in [0.2, 0.25) is 5.91 Å². The molecule has 1 aromatic carbocycles. The zero-order valence-electron chi connectivity index (χ0n) is 12.5. The number of carbonyl (C=O) groups is 2. The Kier molecular flexibility index (Phi) is 7.89. The van der Waals surface area contributed by atoms with Crippen LogP contribution in [0.2, 0.25) is 0 Å². The highest BCUT2D eigenvalue weighted by Crippen LogP contribution is 2.02. The molecule has 3 amide bonds. The van der Waals surface area contributed by atoms with Crippen LogP contribution in [0.4, 0.5) is 4.79 Å². The van der Waals surface area contributed by atoms with E-state index >= 15 is 0 Å². The molecule has 0 aliphatic heterocycles. The lowest BCUT2D eigenvalue weighted by Crippen LogP contribution is -2.39. The summed E-state index contributed by atoms with van der Waals surface area (Å²) < 4.78 is 0. The van der Waals surface area contributed by atoms with Gasteiger partial charge in [-0.1, -0.05) is 30.3 Å². The van der Waals surface area contributed by atoms with Crippen LogP contribution < -0.4 is 16.4 Å². The van der Waals surface area contributed by atoms with Gasteiger partial charge in [0.1, 0.15) is 0 Å². The maximum Gasteiger partial charge on any atom is 0.317 e. The van der Waals surface area contributed by atoms with Crippen molar-refractivity contribution in [3.05, 3.63) is 35.9 Å². The van der Waals surface area contributed by atoms with Gasteiger partial charge >= 0.3 is 6.03 Å². The minimum absolute atomic E-state index is 0.0746. The Labute approximate surface area is 125 Å². The third-order valence-electron chi connectivity index (χ3n) is 2.94. The van der Waals surface area contributed by atoms with Crippen molar-refractivity contribution in [2.24, 2.45) is 5.73 Å². The number of hydrogen-bond acceptors (Lipinski definition) is 3. The molecule has 0 aliphatic carbocycles. The number of nitrogens with one attached hydrogen (secondary N) is 2. The molecule has 6 heteroatoms. The van der Waals surface area contributed by atoms with Gasteiger partial charge in [0.05, 0.1) is 0 Å². The lowest BCUT2D eigenvalue weighted by molar-refractivity contribution is -0.120. The Balaban J connectivity index is 2.19. The molecule has 1 rings (SSSR count). The van der Waals surface area contributed by atoms with Crippen LogP contribution in [0.5, 0.6) is 0 Å². The minimum atomic E-state index is -0.186. The summed E-state index contributed by atoms with van der Waals surface area (Å²) in [6.45, 7) is 2.00. The first-order valence-electron chi connectivity index (χ1n) is 7.13. The van der Waals surface area contributed by atoms with Gasteiger partial charge in [0, 0.05) is 33.1 Å². The molecule has 21 heavy (non-hydrogen) atoms. The average Bonchev–Trinajstić information content (AvgIpc) is 2.48. The lowest BCUT2D eigenvalue weighted by Gasteiger charge is -2.18. The molecule has 0 bridgehead atoms. The van der Waals surface area contributed by atoms with Gasteiger partial charge in [-0.15, -0.1) is 0 Å². The molecule has 0 saturated carbocycles. The summed E-state index contributed by atoms with van der Waals surface area (Å²) in [5, 5.41) is 5.47. The Morgan fingerprint density at radius 2 is 1.86 bits per heavy atom. The lowest BCUT2D eigenvalue weighted by atomic mass is 10.2. The van der Waals surface area contributed by atoms with Gasteiger partial charge < -0.3 is 21.3 Å². The average molecular weight is 292 g/mol.